The van der Waals surface area contributed by atoms with Crippen LogP contribution in [0.2, 0.25) is 0 Å². The zero-order valence-electron chi connectivity index (χ0n) is 9.54. The SMILES string of the molecule is O=C(O)COC1CCN(Cc2ccno2)CC1. The smallest absolute Gasteiger partial charge is 0.329 e. The van der Waals surface area contributed by atoms with E-state index >= 15 is 0 Å². The number of piperidine rings is 1. The fraction of sp³-hybridized carbons (Fsp3) is 0.636. The summed E-state index contributed by atoms with van der Waals surface area (Å²) in [7, 11) is 0. The monoisotopic (exact) mass is 240 g/mol. The van der Waals surface area contributed by atoms with E-state index < -0.39 is 5.97 Å². The molecule has 1 aromatic rings. The predicted octanol–water partition coefficient (Wildman–Crippen LogP) is 0.740. The Kier molecular flexibility index (Phi) is 4.11. The minimum absolute atomic E-state index is 0.0667. The first-order valence-corrected chi connectivity index (χ1v) is 5.69. The summed E-state index contributed by atoms with van der Waals surface area (Å²) in [5.74, 6) is -0.0519. The molecule has 1 fully saturated rings. The second kappa shape index (κ2) is 5.79. The molecule has 6 nitrogen and oxygen atoms in total. The van der Waals surface area contributed by atoms with Crippen LogP contribution in [0.4, 0.5) is 0 Å². The number of carbonyl (C=O) groups is 1. The minimum atomic E-state index is -0.908. The van der Waals surface area contributed by atoms with Crippen molar-refractivity contribution in [2.75, 3.05) is 19.7 Å². The maximum Gasteiger partial charge on any atom is 0.329 e. The summed E-state index contributed by atoms with van der Waals surface area (Å²) >= 11 is 0. The van der Waals surface area contributed by atoms with Crippen molar-refractivity contribution in [3.63, 3.8) is 0 Å². The molecule has 1 aliphatic heterocycles. The van der Waals surface area contributed by atoms with Gasteiger partial charge in [-0.1, -0.05) is 5.16 Å². The molecule has 0 radical (unpaired) electrons. The van der Waals surface area contributed by atoms with Gasteiger partial charge >= 0.3 is 5.97 Å². The Bertz CT molecular complexity index is 344. The van der Waals surface area contributed by atoms with Crippen LogP contribution in [0.15, 0.2) is 16.8 Å². The summed E-state index contributed by atoms with van der Waals surface area (Å²) in [6.07, 6.45) is 3.43. The summed E-state index contributed by atoms with van der Waals surface area (Å²) in [5, 5.41) is 12.2. The van der Waals surface area contributed by atoms with E-state index in [0.717, 1.165) is 38.2 Å². The van der Waals surface area contributed by atoms with Crippen LogP contribution in [0.5, 0.6) is 0 Å². The van der Waals surface area contributed by atoms with Crippen molar-refractivity contribution in [3.8, 4) is 0 Å². The van der Waals surface area contributed by atoms with Crippen molar-refractivity contribution >= 4 is 5.97 Å². The van der Waals surface area contributed by atoms with E-state index in [0.29, 0.717) is 0 Å². The van der Waals surface area contributed by atoms with Gasteiger partial charge in [0.05, 0.1) is 18.8 Å². The van der Waals surface area contributed by atoms with Gasteiger partial charge in [-0.3, -0.25) is 4.90 Å². The minimum Gasteiger partial charge on any atom is -0.480 e. The lowest BCUT2D eigenvalue weighted by Crippen LogP contribution is -2.37. The molecule has 2 rings (SSSR count). The van der Waals surface area contributed by atoms with E-state index in [1.165, 1.54) is 0 Å². The summed E-state index contributed by atoms with van der Waals surface area (Å²) in [4.78, 5) is 12.6. The highest BCUT2D eigenvalue weighted by Gasteiger charge is 2.21. The van der Waals surface area contributed by atoms with Crippen LogP contribution < -0.4 is 0 Å². The number of nitrogens with zero attached hydrogens (tertiary/aromatic N) is 2. The normalized spacial score (nSPS) is 18.4. The molecule has 1 saturated heterocycles. The molecule has 17 heavy (non-hydrogen) atoms. The zero-order chi connectivity index (χ0) is 12.1. The molecule has 0 bridgehead atoms. The fourth-order valence-electron chi connectivity index (χ4n) is 1.97. The van der Waals surface area contributed by atoms with Crippen LogP contribution in [0.1, 0.15) is 18.6 Å². The molecule has 1 aliphatic rings. The lowest BCUT2D eigenvalue weighted by molar-refractivity contribution is -0.145. The van der Waals surface area contributed by atoms with E-state index in [-0.39, 0.29) is 12.7 Å². The first-order chi connectivity index (χ1) is 8.24. The average molecular weight is 240 g/mol. The van der Waals surface area contributed by atoms with Crippen LogP contribution >= 0.6 is 0 Å². The summed E-state index contributed by atoms with van der Waals surface area (Å²) < 4.78 is 10.3. The number of aliphatic carboxylic acids is 1. The summed E-state index contributed by atoms with van der Waals surface area (Å²) in [6.45, 7) is 2.34. The molecular formula is C11H16N2O4. The maximum absolute atomic E-state index is 10.4. The van der Waals surface area contributed by atoms with E-state index in [1.54, 1.807) is 6.20 Å². The van der Waals surface area contributed by atoms with Crippen molar-refractivity contribution in [2.45, 2.75) is 25.5 Å². The Balaban J connectivity index is 1.69. The molecule has 0 aromatic carbocycles. The summed E-state index contributed by atoms with van der Waals surface area (Å²) in [6, 6.07) is 1.85. The highest BCUT2D eigenvalue weighted by Crippen LogP contribution is 2.15. The number of ether oxygens (including phenoxy) is 1. The molecule has 2 heterocycles. The van der Waals surface area contributed by atoms with Crippen molar-refractivity contribution in [1.29, 1.82) is 0 Å². The zero-order valence-corrected chi connectivity index (χ0v) is 9.54. The lowest BCUT2D eigenvalue weighted by Gasteiger charge is -2.30. The molecule has 1 N–H and O–H groups in total. The largest absolute Gasteiger partial charge is 0.480 e. The van der Waals surface area contributed by atoms with Crippen molar-refractivity contribution in [1.82, 2.24) is 10.1 Å². The van der Waals surface area contributed by atoms with E-state index in [4.69, 9.17) is 14.4 Å². The van der Waals surface area contributed by atoms with Crippen LogP contribution in [0, 0.1) is 0 Å². The Morgan fingerprint density at radius 1 is 1.59 bits per heavy atom. The number of likely N-dealkylation sites (tertiary alicyclic amines) is 1. The van der Waals surface area contributed by atoms with Crippen molar-refractivity contribution < 1.29 is 19.2 Å². The topological polar surface area (TPSA) is 75.8 Å². The van der Waals surface area contributed by atoms with Crippen molar-refractivity contribution in [2.24, 2.45) is 0 Å². The van der Waals surface area contributed by atoms with Crippen LogP contribution in [-0.4, -0.2) is 46.9 Å². The van der Waals surface area contributed by atoms with Gasteiger partial charge in [0, 0.05) is 19.2 Å². The predicted molar refractivity (Wildman–Crippen MR) is 58.4 cm³/mol. The van der Waals surface area contributed by atoms with Gasteiger partial charge in [-0.15, -0.1) is 0 Å². The number of carboxylic acid groups (broad SMARTS) is 1. The van der Waals surface area contributed by atoms with Crippen LogP contribution in [0.25, 0.3) is 0 Å². The number of rotatable bonds is 5. The van der Waals surface area contributed by atoms with E-state index in [9.17, 15) is 4.79 Å². The highest BCUT2D eigenvalue weighted by molar-refractivity contribution is 5.68. The Hall–Kier alpha value is -1.40. The maximum atomic E-state index is 10.4. The molecule has 0 amide bonds. The third kappa shape index (κ3) is 3.83. The van der Waals surface area contributed by atoms with Gasteiger partial charge in [0.25, 0.3) is 0 Å². The first kappa shape index (κ1) is 12.1. The van der Waals surface area contributed by atoms with Gasteiger partial charge in [0.1, 0.15) is 6.61 Å². The van der Waals surface area contributed by atoms with Crippen LogP contribution in [-0.2, 0) is 16.1 Å². The second-order valence-corrected chi connectivity index (χ2v) is 4.16. The quantitative estimate of drug-likeness (QED) is 0.818. The second-order valence-electron chi connectivity index (χ2n) is 4.16. The number of hydrogen-bond acceptors (Lipinski definition) is 5. The highest BCUT2D eigenvalue weighted by atomic mass is 16.5. The number of aromatic nitrogens is 1. The van der Waals surface area contributed by atoms with Gasteiger partial charge in [-0.05, 0) is 12.8 Å². The van der Waals surface area contributed by atoms with Gasteiger partial charge < -0.3 is 14.4 Å². The molecule has 0 aliphatic carbocycles. The Labute approximate surface area is 99.1 Å². The van der Waals surface area contributed by atoms with Gasteiger partial charge in [0.15, 0.2) is 5.76 Å². The average Bonchev–Trinajstić information content (AvgIpc) is 2.81. The molecule has 1 aromatic heterocycles. The molecule has 0 spiro atoms. The number of carboxylic acids is 1. The molecule has 0 unspecified atom stereocenters. The van der Waals surface area contributed by atoms with E-state index in [1.807, 2.05) is 6.07 Å². The molecule has 6 heteroatoms. The molecule has 0 atom stereocenters. The fourth-order valence-corrected chi connectivity index (χ4v) is 1.97. The molecular weight excluding hydrogens is 224 g/mol. The van der Waals surface area contributed by atoms with Crippen molar-refractivity contribution in [3.05, 3.63) is 18.0 Å². The summed E-state index contributed by atoms with van der Waals surface area (Å²) in [5.41, 5.74) is 0. The molecule has 0 saturated carbocycles. The van der Waals surface area contributed by atoms with Gasteiger partial charge in [-0.25, -0.2) is 4.79 Å². The Morgan fingerprint density at radius 3 is 2.94 bits per heavy atom. The molecule has 94 valence electrons. The third-order valence-corrected chi connectivity index (χ3v) is 2.85. The van der Waals surface area contributed by atoms with Crippen LogP contribution in [0.3, 0.4) is 0 Å². The number of hydrogen-bond donors (Lipinski definition) is 1. The van der Waals surface area contributed by atoms with Gasteiger partial charge in [-0.2, -0.15) is 0 Å². The first-order valence-electron chi connectivity index (χ1n) is 5.69. The third-order valence-electron chi connectivity index (χ3n) is 2.85. The lowest BCUT2D eigenvalue weighted by atomic mass is 10.1. The standard InChI is InChI=1S/C11H16N2O4/c14-11(15)8-16-9-2-5-13(6-3-9)7-10-1-4-12-17-10/h1,4,9H,2-3,5-8H2,(H,14,15). The Morgan fingerprint density at radius 2 is 2.35 bits per heavy atom. The van der Waals surface area contributed by atoms with E-state index in [2.05, 4.69) is 10.1 Å². The van der Waals surface area contributed by atoms with Gasteiger partial charge in [0.2, 0.25) is 0 Å².